The molecular formula is C26H36N2O6. The van der Waals surface area contributed by atoms with E-state index in [9.17, 15) is 14.7 Å². The van der Waals surface area contributed by atoms with Crippen LogP contribution in [0.1, 0.15) is 51.5 Å². The van der Waals surface area contributed by atoms with Gasteiger partial charge in [-0.15, -0.1) is 0 Å². The lowest BCUT2D eigenvalue weighted by Crippen LogP contribution is -2.80. The zero-order valence-electron chi connectivity index (χ0n) is 20.8. The molecule has 1 saturated carbocycles. The lowest BCUT2D eigenvalue weighted by atomic mass is 9.45. The van der Waals surface area contributed by atoms with Gasteiger partial charge in [-0.2, -0.15) is 0 Å². The molecule has 0 unspecified atom stereocenters. The number of methoxy groups -OCH3 is 2. The number of benzene rings is 1. The molecule has 1 aliphatic carbocycles. The average Bonchev–Trinajstić information content (AvgIpc) is 3.06. The number of aliphatic hydroxyl groups is 1. The van der Waals surface area contributed by atoms with E-state index in [1.54, 1.807) is 7.11 Å². The van der Waals surface area contributed by atoms with Crippen molar-refractivity contribution in [3.63, 3.8) is 0 Å². The largest absolute Gasteiger partial charge is 0.497 e. The SMILES string of the molecule is CC[C@]12C[C@H](OC(C)=O)CN3CCC[C@@]4(c5ccc(OC)cc5N(C)[C@H]4[C@@](O)(C(=O)OC)C1)[C@H]32. The summed E-state index contributed by atoms with van der Waals surface area (Å²) in [6, 6.07) is 5.75. The Bertz CT molecular complexity index is 1020. The van der Waals surface area contributed by atoms with Gasteiger partial charge in [-0.05, 0) is 55.7 Å². The van der Waals surface area contributed by atoms with Crippen LogP contribution in [0.4, 0.5) is 5.69 Å². The van der Waals surface area contributed by atoms with Crippen LogP contribution in [0.2, 0.25) is 0 Å². The van der Waals surface area contributed by atoms with Crippen LogP contribution >= 0.6 is 0 Å². The van der Waals surface area contributed by atoms with Gasteiger partial charge in [0.25, 0.3) is 0 Å². The Kier molecular flexibility index (Phi) is 5.41. The lowest BCUT2D eigenvalue weighted by Gasteiger charge is -2.68. The third-order valence-corrected chi connectivity index (χ3v) is 9.15. The Balaban J connectivity index is 1.76. The smallest absolute Gasteiger partial charge is 0.340 e. The summed E-state index contributed by atoms with van der Waals surface area (Å²) < 4.78 is 16.5. The van der Waals surface area contributed by atoms with Crippen LogP contribution in [-0.4, -0.2) is 80.1 Å². The number of hydrogen-bond acceptors (Lipinski definition) is 8. The minimum Gasteiger partial charge on any atom is -0.497 e. The second kappa shape index (κ2) is 7.85. The molecule has 3 heterocycles. The van der Waals surface area contributed by atoms with Crippen LogP contribution in [-0.2, 0) is 24.5 Å². The van der Waals surface area contributed by atoms with Gasteiger partial charge >= 0.3 is 11.9 Å². The topological polar surface area (TPSA) is 88.5 Å². The molecule has 3 aliphatic heterocycles. The standard InChI is InChI=1S/C26H36N2O6/c1-6-24-13-18(34-16(2)29)14-28-11-7-10-25(21(24)28)19-9-8-17(32-4)12-20(19)27(3)22(25)26(31,15-24)23(30)33-5/h8-9,12,18,21-22,31H,6-7,10-11,13-15H2,1-5H3/t18-,21+,22+,24-,25+,26+/m0/s1. The van der Waals surface area contributed by atoms with Crippen molar-refractivity contribution in [1.29, 1.82) is 0 Å². The molecule has 5 rings (SSSR count). The van der Waals surface area contributed by atoms with Gasteiger partial charge < -0.3 is 24.2 Å². The molecule has 3 fully saturated rings. The number of anilines is 1. The Morgan fingerprint density at radius 1 is 1.24 bits per heavy atom. The van der Waals surface area contributed by atoms with Crippen molar-refractivity contribution in [3.8, 4) is 5.75 Å². The maximum atomic E-state index is 13.4. The van der Waals surface area contributed by atoms with Crippen LogP contribution in [0, 0.1) is 5.41 Å². The van der Waals surface area contributed by atoms with E-state index in [1.807, 2.05) is 19.2 Å². The van der Waals surface area contributed by atoms with Gasteiger partial charge in [0.1, 0.15) is 11.9 Å². The summed E-state index contributed by atoms with van der Waals surface area (Å²) in [4.78, 5) is 29.8. The molecule has 6 atom stereocenters. The first-order chi connectivity index (χ1) is 16.2. The molecule has 34 heavy (non-hydrogen) atoms. The van der Waals surface area contributed by atoms with E-state index in [2.05, 4.69) is 22.8 Å². The number of rotatable bonds is 4. The molecule has 8 heteroatoms. The van der Waals surface area contributed by atoms with E-state index in [0.717, 1.165) is 42.8 Å². The summed E-state index contributed by atoms with van der Waals surface area (Å²) in [6.45, 7) is 5.15. The van der Waals surface area contributed by atoms with E-state index in [-0.39, 0.29) is 24.5 Å². The predicted octanol–water partition coefficient (Wildman–Crippen LogP) is 2.26. The van der Waals surface area contributed by atoms with E-state index < -0.39 is 28.4 Å². The van der Waals surface area contributed by atoms with Crippen LogP contribution in [0.15, 0.2) is 18.2 Å². The van der Waals surface area contributed by atoms with Crippen LogP contribution in [0.3, 0.4) is 0 Å². The minimum atomic E-state index is -1.70. The first-order valence-corrected chi connectivity index (χ1v) is 12.3. The molecule has 2 saturated heterocycles. The predicted molar refractivity (Wildman–Crippen MR) is 126 cm³/mol. The van der Waals surface area contributed by atoms with Gasteiger partial charge in [0.15, 0.2) is 5.60 Å². The molecule has 0 amide bonds. The van der Waals surface area contributed by atoms with Crippen LogP contribution in [0.5, 0.6) is 5.75 Å². The lowest BCUT2D eigenvalue weighted by molar-refractivity contribution is -0.214. The quantitative estimate of drug-likeness (QED) is 0.668. The summed E-state index contributed by atoms with van der Waals surface area (Å²) in [5.41, 5.74) is -0.444. The number of carbonyl (C=O) groups excluding carboxylic acids is 2. The van der Waals surface area contributed by atoms with Gasteiger partial charge in [-0.1, -0.05) is 13.0 Å². The van der Waals surface area contributed by atoms with E-state index in [1.165, 1.54) is 14.0 Å². The molecule has 0 radical (unpaired) electrons. The number of piperidine rings is 2. The highest BCUT2D eigenvalue weighted by Crippen LogP contribution is 2.67. The van der Waals surface area contributed by atoms with Crippen LogP contribution < -0.4 is 9.64 Å². The van der Waals surface area contributed by atoms with Gasteiger partial charge in [0.2, 0.25) is 0 Å². The minimum absolute atomic E-state index is 0.109. The van der Waals surface area contributed by atoms with Crippen molar-refractivity contribution in [2.45, 2.75) is 75.2 Å². The van der Waals surface area contributed by atoms with Crippen molar-refractivity contribution >= 4 is 17.6 Å². The fraction of sp³-hybridized carbons (Fsp3) is 0.692. The number of esters is 2. The Labute approximate surface area is 201 Å². The highest BCUT2D eigenvalue weighted by Gasteiger charge is 2.75. The molecular weight excluding hydrogens is 436 g/mol. The average molecular weight is 473 g/mol. The maximum absolute atomic E-state index is 13.4. The molecule has 1 aromatic rings. The van der Waals surface area contributed by atoms with E-state index >= 15 is 0 Å². The summed E-state index contributed by atoms with van der Waals surface area (Å²) in [5, 5.41) is 12.3. The Morgan fingerprint density at radius 2 is 2.00 bits per heavy atom. The number of fused-ring (bicyclic) bond motifs is 1. The number of ether oxygens (including phenoxy) is 3. The zero-order chi connectivity index (χ0) is 24.5. The highest BCUT2D eigenvalue weighted by atomic mass is 16.5. The third kappa shape index (κ3) is 2.90. The van der Waals surface area contributed by atoms with Crippen LogP contribution in [0.25, 0.3) is 0 Å². The number of carbonyl (C=O) groups is 2. The monoisotopic (exact) mass is 472 g/mol. The molecule has 1 spiro atoms. The van der Waals surface area contributed by atoms with Gasteiger partial charge in [-0.25, -0.2) is 4.79 Å². The Morgan fingerprint density at radius 3 is 2.65 bits per heavy atom. The van der Waals surface area contributed by atoms with Gasteiger partial charge in [0, 0.05) is 43.7 Å². The molecule has 1 aromatic carbocycles. The van der Waals surface area contributed by atoms with Gasteiger partial charge in [0.05, 0.1) is 20.3 Å². The van der Waals surface area contributed by atoms with Crippen molar-refractivity contribution < 1.29 is 28.9 Å². The molecule has 0 bridgehead atoms. The van der Waals surface area contributed by atoms with Crippen molar-refractivity contribution in [2.75, 3.05) is 39.3 Å². The molecule has 186 valence electrons. The Hall–Kier alpha value is -2.32. The molecule has 4 aliphatic rings. The van der Waals surface area contributed by atoms with E-state index in [4.69, 9.17) is 14.2 Å². The maximum Gasteiger partial charge on any atom is 0.340 e. The second-order valence-corrected chi connectivity index (χ2v) is 10.7. The summed E-state index contributed by atoms with van der Waals surface area (Å²) in [7, 11) is 4.96. The van der Waals surface area contributed by atoms with Gasteiger partial charge in [-0.3, -0.25) is 9.69 Å². The number of likely N-dealkylation sites (N-methyl/N-ethyl adjacent to an activating group) is 1. The van der Waals surface area contributed by atoms with Crippen molar-refractivity contribution in [2.24, 2.45) is 5.41 Å². The summed E-state index contributed by atoms with van der Waals surface area (Å²) in [6.07, 6.45) is 3.17. The number of hydrogen-bond donors (Lipinski definition) is 1. The fourth-order valence-electron chi connectivity index (χ4n) is 8.40. The van der Waals surface area contributed by atoms with E-state index in [0.29, 0.717) is 13.0 Å². The second-order valence-electron chi connectivity index (χ2n) is 10.7. The summed E-state index contributed by atoms with van der Waals surface area (Å²) in [5.74, 6) is -0.145. The fourth-order valence-corrected chi connectivity index (χ4v) is 8.40. The van der Waals surface area contributed by atoms with Crippen molar-refractivity contribution in [3.05, 3.63) is 23.8 Å². The highest BCUT2D eigenvalue weighted by molar-refractivity contribution is 5.85. The summed E-state index contributed by atoms with van der Waals surface area (Å²) >= 11 is 0. The van der Waals surface area contributed by atoms with Crippen molar-refractivity contribution in [1.82, 2.24) is 4.90 Å². The zero-order valence-corrected chi connectivity index (χ0v) is 20.8. The third-order valence-electron chi connectivity index (χ3n) is 9.15. The number of nitrogens with zero attached hydrogens (tertiary/aromatic N) is 2. The normalized spacial score (nSPS) is 38.4. The molecule has 8 nitrogen and oxygen atoms in total. The molecule has 0 aromatic heterocycles. The molecule has 1 N–H and O–H groups in total. The first kappa shape index (κ1) is 23.4. The first-order valence-electron chi connectivity index (χ1n) is 12.3.